The van der Waals surface area contributed by atoms with E-state index < -0.39 is 0 Å². The van der Waals surface area contributed by atoms with Gasteiger partial charge in [-0.1, -0.05) is 6.07 Å². The van der Waals surface area contributed by atoms with E-state index >= 15 is 0 Å². The molecule has 1 amide bonds. The van der Waals surface area contributed by atoms with Crippen LogP contribution in [0, 0.1) is 0 Å². The maximum atomic E-state index is 12.8. The van der Waals surface area contributed by atoms with E-state index in [1.807, 2.05) is 37.3 Å². The zero-order chi connectivity index (χ0) is 24.2. The van der Waals surface area contributed by atoms with Crippen LogP contribution in [-0.2, 0) is 11.3 Å². The lowest BCUT2D eigenvalue weighted by Crippen LogP contribution is -2.22. The number of rotatable bonds is 8. The predicted octanol–water partition coefficient (Wildman–Crippen LogP) is 5.05. The maximum Gasteiger partial charge on any atom is 0.224 e. The molecule has 2 N–H and O–H groups in total. The summed E-state index contributed by atoms with van der Waals surface area (Å²) in [7, 11) is 4.61. The second kappa shape index (κ2) is 9.79. The van der Waals surface area contributed by atoms with Crippen molar-refractivity contribution in [2.45, 2.75) is 19.9 Å². The predicted molar refractivity (Wildman–Crippen MR) is 130 cm³/mol. The Hall–Kier alpha value is -4.13. The number of methoxy groups -OCH3 is 3. The van der Waals surface area contributed by atoms with E-state index in [1.54, 1.807) is 31.6 Å². The van der Waals surface area contributed by atoms with Crippen molar-refractivity contribution >= 4 is 23.1 Å². The number of aromatic hydroxyl groups is 1. The van der Waals surface area contributed by atoms with Crippen LogP contribution >= 0.6 is 0 Å². The second-order valence-electron chi connectivity index (χ2n) is 7.88. The van der Waals surface area contributed by atoms with Crippen molar-refractivity contribution in [2.75, 3.05) is 21.3 Å². The van der Waals surface area contributed by atoms with Gasteiger partial charge in [0.2, 0.25) is 11.7 Å². The summed E-state index contributed by atoms with van der Waals surface area (Å²) in [6.07, 6.45) is 3.79. The molecule has 0 radical (unpaired) electrons. The Morgan fingerprint density at radius 2 is 1.76 bits per heavy atom. The van der Waals surface area contributed by atoms with Gasteiger partial charge in [0.15, 0.2) is 11.5 Å². The highest BCUT2D eigenvalue weighted by molar-refractivity contribution is 6.08. The lowest BCUT2D eigenvalue weighted by molar-refractivity contribution is -0.120. The molecule has 0 atom stereocenters. The van der Waals surface area contributed by atoms with Gasteiger partial charge in [-0.2, -0.15) is 0 Å². The summed E-state index contributed by atoms with van der Waals surface area (Å²) in [6.45, 7) is 2.33. The number of carbonyl (C=O) groups excluding carboxylic acids is 1. The van der Waals surface area contributed by atoms with Crippen molar-refractivity contribution in [2.24, 2.45) is 0 Å². The van der Waals surface area contributed by atoms with Crippen LogP contribution in [0.1, 0.15) is 35.8 Å². The van der Waals surface area contributed by atoms with Crippen LogP contribution in [0.3, 0.4) is 0 Å². The van der Waals surface area contributed by atoms with Gasteiger partial charge >= 0.3 is 0 Å². The number of furan rings is 1. The fourth-order valence-corrected chi connectivity index (χ4v) is 4.10. The lowest BCUT2D eigenvalue weighted by atomic mass is 10.00. The third-order valence-corrected chi connectivity index (χ3v) is 5.89. The second-order valence-corrected chi connectivity index (χ2v) is 7.88. The average molecular weight is 462 g/mol. The molecule has 1 aromatic heterocycles. The van der Waals surface area contributed by atoms with Gasteiger partial charge in [0.05, 0.1) is 40.6 Å². The first kappa shape index (κ1) is 23.0. The van der Waals surface area contributed by atoms with Gasteiger partial charge in [0.25, 0.3) is 0 Å². The molecule has 0 bridgehead atoms. The minimum absolute atomic E-state index is 0.0510. The van der Waals surface area contributed by atoms with Gasteiger partial charge in [-0.15, -0.1) is 0 Å². The van der Waals surface area contributed by atoms with Crippen LogP contribution in [0.5, 0.6) is 23.0 Å². The molecule has 176 valence electrons. The largest absolute Gasteiger partial charge is 0.502 e. The summed E-state index contributed by atoms with van der Waals surface area (Å²) in [5, 5.41) is 13.2. The molecule has 1 heterocycles. The summed E-state index contributed by atoms with van der Waals surface area (Å²) in [5.41, 5.74) is 5.64. The molecule has 1 aliphatic carbocycles. The Labute approximate surface area is 198 Å². The highest BCUT2D eigenvalue weighted by atomic mass is 16.5. The van der Waals surface area contributed by atoms with E-state index in [0.717, 1.165) is 33.4 Å². The average Bonchev–Trinajstić information content (AvgIpc) is 3.46. The van der Waals surface area contributed by atoms with Gasteiger partial charge in [0.1, 0.15) is 11.5 Å². The summed E-state index contributed by atoms with van der Waals surface area (Å²) < 4.78 is 21.3. The molecule has 0 fully saturated rings. The number of phenolic OH excluding ortho intramolecular Hbond substituents is 1. The number of ether oxygens (including phenoxy) is 3. The minimum atomic E-state index is -0.103. The SMILES string of the molecule is COc1ccc2c(c1)C(CC(=O)NCc1ccco1)=C(C)C2=Cc1cc(OC)c(O)c(OC)c1. The van der Waals surface area contributed by atoms with Crippen molar-refractivity contribution in [1.29, 1.82) is 0 Å². The Morgan fingerprint density at radius 3 is 2.38 bits per heavy atom. The molecular weight excluding hydrogens is 434 g/mol. The third kappa shape index (κ3) is 4.50. The first-order chi connectivity index (χ1) is 16.4. The highest BCUT2D eigenvalue weighted by Crippen LogP contribution is 2.46. The fraction of sp³-hybridized carbons (Fsp3) is 0.222. The Morgan fingerprint density at radius 1 is 1.03 bits per heavy atom. The first-order valence-corrected chi connectivity index (χ1v) is 10.8. The third-order valence-electron chi connectivity index (χ3n) is 5.89. The number of hydrogen-bond donors (Lipinski definition) is 2. The molecule has 0 saturated heterocycles. The van der Waals surface area contributed by atoms with Gasteiger partial charge in [0, 0.05) is 0 Å². The standard InChI is InChI=1S/C27H27NO6/c1-16-21(10-17-11-24(32-3)27(30)25(12-17)33-4)20-8-7-18(31-2)13-23(20)22(16)14-26(29)28-15-19-6-5-9-34-19/h5-13,30H,14-15H2,1-4H3,(H,28,29). The maximum absolute atomic E-state index is 12.8. The first-order valence-electron chi connectivity index (χ1n) is 10.8. The van der Waals surface area contributed by atoms with Gasteiger partial charge in [-0.05, 0) is 82.8 Å². The number of carbonyl (C=O) groups is 1. The van der Waals surface area contributed by atoms with E-state index in [1.165, 1.54) is 14.2 Å². The molecule has 7 nitrogen and oxygen atoms in total. The molecule has 0 aliphatic heterocycles. The molecule has 2 aromatic carbocycles. The van der Waals surface area contributed by atoms with Crippen LogP contribution in [0.15, 0.2) is 58.7 Å². The number of allylic oxidation sites excluding steroid dienone is 2. The van der Waals surface area contributed by atoms with Crippen LogP contribution in [0.25, 0.3) is 17.2 Å². The van der Waals surface area contributed by atoms with Crippen LogP contribution in [0.4, 0.5) is 0 Å². The number of phenols is 1. The number of benzene rings is 2. The fourth-order valence-electron chi connectivity index (χ4n) is 4.10. The summed E-state index contributed by atoms with van der Waals surface area (Å²) in [5.74, 6) is 1.90. The van der Waals surface area contributed by atoms with E-state index in [2.05, 4.69) is 5.32 Å². The molecule has 0 spiro atoms. The van der Waals surface area contributed by atoms with E-state index in [-0.39, 0.29) is 18.1 Å². The molecule has 34 heavy (non-hydrogen) atoms. The molecule has 1 aliphatic rings. The van der Waals surface area contributed by atoms with Crippen LogP contribution < -0.4 is 19.5 Å². The van der Waals surface area contributed by atoms with E-state index in [9.17, 15) is 9.90 Å². The van der Waals surface area contributed by atoms with Gasteiger partial charge in [-0.25, -0.2) is 0 Å². The molecular formula is C27H27NO6. The Bertz CT molecular complexity index is 1250. The minimum Gasteiger partial charge on any atom is -0.502 e. The zero-order valence-corrected chi connectivity index (χ0v) is 19.6. The smallest absolute Gasteiger partial charge is 0.224 e. The molecule has 3 aromatic rings. The number of nitrogens with one attached hydrogen (secondary N) is 1. The molecule has 7 heteroatoms. The number of amides is 1. The topological polar surface area (TPSA) is 90.2 Å². The van der Waals surface area contributed by atoms with E-state index in [0.29, 0.717) is 29.6 Å². The molecule has 4 rings (SSSR count). The quantitative estimate of drug-likeness (QED) is 0.488. The summed E-state index contributed by atoms with van der Waals surface area (Å²) in [6, 6.07) is 12.9. The van der Waals surface area contributed by atoms with Gasteiger partial charge in [-0.3, -0.25) is 4.79 Å². The molecule has 0 unspecified atom stereocenters. The van der Waals surface area contributed by atoms with Crippen molar-refractivity contribution in [3.8, 4) is 23.0 Å². The highest BCUT2D eigenvalue weighted by Gasteiger charge is 2.26. The number of hydrogen-bond acceptors (Lipinski definition) is 6. The number of fused-ring (bicyclic) bond motifs is 1. The molecule has 0 saturated carbocycles. The van der Waals surface area contributed by atoms with E-state index in [4.69, 9.17) is 18.6 Å². The van der Waals surface area contributed by atoms with Crippen molar-refractivity contribution in [1.82, 2.24) is 5.32 Å². The summed E-state index contributed by atoms with van der Waals surface area (Å²) >= 11 is 0. The van der Waals surface area contributed by atoms with Crippen molar-refractivity contribution in [3.63, 3.8) is 0 Å². The van der Waals surface area contributed by atoms with Gasteiger partial charge < -0.3 is 29.1 Å². The van der Waals surface area contributed by atoms with Crippen LogP contribution in [0.2, 0.25) is 0 Å². The summed E-state index contributed by atoms with van der Waals surface area (Å²) in [4.78, 5) is 12.8. The lowest BCUT2D eigenvalue weighted by Gasteiger charge is -2.11. The van der Waals surface area contributed by atoms with Crippen molar-refractivity contribution in [3.05, 3.63) is 76.8 Å². The zero-order valence-electron chi connectivity index (χ0n) is 19.6. The Balaban J connectivity index is 1.72. The Kier molecular flexibility index (Phi) is 6.63. The van der Waals surface area contributed by atoms with Crippen molar-refractivity contribution < 1.29 is 28.5 Å². The monoisotopic (exact) mass is 461 g/mol. The normalized spacial score (nSPS) is 13.7. The van der Waals surface area contributed by atoms with Crippen LogP contribution in [-0.4, -0.2) is 32.3 Å².